The molecule has 0 radical (unpaired) electrons. The summed E-state index contributed by atoms with van der Waals surface area (Å²) in [4.78, 5) is 18.8. The van der Waals surface area contributed by atoms with Crippen molar-refractivity contribution < 1.29 is 4.79 Å². The van der Waals surface area contributed by atoms with Crippen LogP contribution in [-0.4, -0.2) is 10.9 Å². The van der Waals surface area contributed by atoms with Gasteiger partial charge in [0.05, 0.1) is 0 Å². The highest BCUT2D eigenvalue weighted by Gasteiger charge is 2.06. The van der Waals surface area contributed by atoms with Gasteiger partial charge < -0.3 is 5.32 Å². The Balaban J connectivity index is 1.53. The zero-order valence-corrected chi connectivity index (χ0v) is 14.5. The first-order valence-electron chi connectivity index (χ1n) is 7.50. The number of carbonyl (C=O) groups excluding carboxylic acids is 1. The summed E-state index contributed by atoms with van der Waals surface area (Å²) in [7, 11) is 0. The van der Waals surface area contributed by atoms with E-state index in [2.05, 4.69) is 46.2 Å². The van der Waals surface area contributed by atoms with Crippen LogP contribution in [0.3, 0.4) is 0 Å². The van der Waals surface area contributed by atoms with Crippen molar-refractivity contribution in [2.24, 2.45) is 0 Å². The SMILES string of the molecule is Cc1ccsc1CCC(=O)NCc1cncc(-c2cccs2)c1. The Morgan fingerprint density at radius 3 is 2.87 bits per heavy atom. The first-order valence-corrected chi connectivity index (χ1v) is 9.26. The number of aryl methyl sites for hydroxylation is 2. The Labute approximate surface area is 144 Å². The van der Waals surface area contributed by atoms with E-state index in [4.69, 9.17) is 0 Å². The number of hydrogen-bond donors (Lipinski definition) is 1. The summed E-state index contributed by atoms with van der Waals surface area (Å²) in [6.45, 7) is 2.61. The molecule has 1 N–H and O–H groups in total. The molecule has 0 aromatic carbocycles. The molecule has 0 atom stereocenters. The maximum absolute atomic E-state index is 12.0. The molecular formula is C18H18N2OS2. The van der Waals surface area contributed by atoms with Crippen LogP contribution in [0.4, 0.5) is 0 Å². The summed E-state index contributed by atoms with van der Waals surface area (Å²) in [5, 5.41) is 7.11. The minimum Gasteiger partial charge on any atom is -0.352 e. The highest BCUT2D eigenvalue weighted by molar-refractivity contribution is 7.13. The van der Waals surface area contributed by atoms with Crippen molar-refractivity contribution in [1.82, 2.24) is 10.3 Å². The number of hydrogen-bond acceptors (Lipinski definition) is 4. The molecule has 3 aromatic heterocycles. The first kappa shape index (κ1) is 15.9. The molecule has 0 spiro atoms. The molecule has 3 nitrogen and oxygen atoms in total. The average Bonchev–Trinajstić information content (AvgIpc) is 3.23. The molecule has 3 rings (SSSR count). The van der Waals surface area contributed by atoms with Gasteiger partial charge in [0.25, 0.3) is 0 Å². The first-order chi connectivity index (χ1) is 11.2. The normalized spacial score (nSPS) is 10.7. The second kappa shape index (κ2) is 7.53. The van der Waals surface area contributed by atoms with Crippen LogP contribution in [0.25, 0.3) is 10.4 Å². The van der Waals surface area contributed by atoms with Gasteiger partial charge in [-0.3, -0.25) is 9.78 Å². The van der Waals surface area contributed by atoms with Crippen molar-refractivity contribution in [3.8, 4) is 10.4 Å². The van der Waals surface area contributed by atoms with E-state index in [0.717, 1.165) is 17.5 Å². The molecule has 0 fully saturated rings. The largest absolute Gasteiger partial charge is 0.352 e. The summed E-state index contributed by atoms with van der Waals surface area (Å²) in [6, 6.07) is 8.29. The number of thiophene rings is 2. The smallest absolute Gasteiger partial charge is 0.220 e. The van der Waals surface area contributed by atoms with Crippen LogP contribution in [0.2, 0.25) is 0 Å². The van der Waals surface area contributed by atoms with Gasteiger partial charge in [-0.1, -0.05) is 6.07 Å². The van der Waals surface area contributed by atoms with E-state index in [0.29, 0.717) is 13.0 Å². The second-order valence-corrected chi connectivity index (χ2v) is 7.31. The van der Waals surface area contributed by atoms with Crippen molar-refractivity contribution in [1.29, 1.82) is 0 Å². The molecule has 118 valence electrons. The fourth-order valence-corrected chi connectivity index (χ4v) is 3.96. The van der Waals surface area contributed by atoms with E-state index < -0.39 is 0 Å². The van der Waals surface area contributed by atoms with E-state index in [9.17, 15) is 4.79 Å². The van der Waals surface area contributed by atoms with E-state index in [1.807, 2.05) is 12.3 Å². The Morgan fingerprint density at radius 2 is 2.13 bits per heavy atom. The minimum absolute atomic E-state index is 0.0827. The average molecular weight is 342 g/mol. The van der Waals surface area contributed by atoms with Crippen LogP contribution in [0.1, 0.15) is 22.4 Å². The maximum Gasteiger partial charge on any atom is 0.220 e. The van der Waals surface area contributed by atoms with E-state index in [1.54, 1.807) is 28.9 Å². The van der Waals surface area contributed by atoms with Crippen LogP contribution < -0.4 is 5.32 Å². The summed E-state index contributed by atoms with van der Waals surface area (Å²) in [6.07, 6.45) is 5.00. The van der Waals surface area contributed by atoms with Crippen LogP contribution in [0, 0.1) is 6.92 Å². The molecule has 0 saturated heterocycles. The highest BCUT2D eigenvalue weighted by Crippen LogP contribution is 2.24. The molecular weight excluding hydrogens is 324 g/mol. The lowest BCUT2D eigenvalue weighted by molar-refractivity contribution is -0.121. The Hall–Kier alpha value is -1.98. The quantitative estimate of drug-likeness (QED) is 0.720. The molecule has 0 aliphatic carbocycles. The summed E-state index contributed by atoms with van der Waals surface area (Å²) < 4.78 is 0. The van der Waals surface area contributed by atoms with Crippen LogP contribution >= 0.6 is 22.7 Å². The Morgan fingerprint density at radius 1 is 1.22 bits per heavy atom. The van der Waals surface area contributed by atoms with Crippen molar-refractivity contribution in [3.63, 3.8) is 0 Å². The summed E-state index contributed by atoms with van der Waals surface area (Å²) in [5.74, 6) is 0.0827. The predicted molar refractivity (Wildman–Crippen MR) is 96.8 cm³/mol. The second-order valence-electron chi connectivity index (χ2n) is 5.36. The molecule has 23 heavy (non-hydrogen) atoms. The monoisotopic (exact) mass is 342 g/mol. The third kappa shape index (κ3) is 4.27. The lowest BCUT2D eigenvalue weighted by Crippen LogP contribution is -2.23. The summed E-state index contributed by atoms with van der Waals surface area (Å²) in [5.41, 5.74) is 3.40. The molecule has 0 aliphatic rings. The summed E-state index contributed by atoms with van der Waals surface area (Å²) >= 11 is 3.41. The van der Waals surface area contributed by atoms with Gasteiger partial charge in [0.1, 0.15) is 0 Å². The molecule has 0 aliphatic heterocycles. The molecule has 3 heterocycles. The number of nitrogens with one attached hydrogen (secondary N) is 1. The predicted octanol–water partition coefficient (Wildman–Crippen LogP) is 4.43. The van der Waals surface area contributed by atoms with Gasteiger partial charge in [-0.05, 0) is 53.4 Å². The molecule has 5 heteroatoms. The number of amides is 1. The van der Waals surface area contributed by atoms with Crippen molar-refractivity contribution in [2.75, 3.05) is 0 Å². The molecule has 1 amide bonds. The number of carbonyl (C=O) groups is 1. The third-order valence-electron chi connectivity index (χ3n) is 3.64. The van der Waals surface area contributed by atoms with Gasteiger partial charge in [0, 0.05) is 40.7 Å². The lowest BCUT2D eigenvalue weighted by atomic mass is 10.1. The standard InChI is InChI=1S/C18H18N2OS2/c1-13-6-8-23-16(13)4-5-18(21)20-11-14-9-15(12-19-10-14)17-3-2-7-22-17/h2-3,6-10,12H,4-5,11H2,1H3,(H,20,21). The zero-order valence-electron chi connectivity index (χ0n) is 12.9. The third-order valence-corrected chi connectivity index (χ3v) is 5.64. The van der Waals surface area contributed by atoms with Gasteiger partial charge >= 0.3 is 0 Å². The number of rotatable bonds is 6. The molecule has 0 saturated carbocycles. The molecule has 3 aromatic rings. The maximum atomic E-state index is 12.0. The van der Waals surface area contributed by atoms with Crippen molar-refractivity contribution >= 4 is 28.6 Å². The zero-order chi connectivity index (χ0) is 16.1. The van der Waals surface area contributed by atoms with Crippen molar-refractivity contribution in [2.45, 2.75) is 26.3 Å². The number of nitrogens with zero attached hydrogens (tertiary/aromatic N) is 1. The van der Waals surface area contributed by atoms with Gasteiger partial charge in [0.2, 0.25) is 5.91 Å². The van der Waals surface area contributed by atoms with Gasteiger partial charge in [-0.15, -0.1) is 22.7 Å². The topological polar surface area (TPSA) is 42.0 Å². The molecule has 0 bridgehead atoms. The van der Waals surface area contributed by atoms with Crippen LogP contribution in [0.5, 0.6) is 0 Å². The van der Waals surface area contributed by atoms with Gasteiger partial charge in [0.15, 0.2) is 0 Å². The molecule has 0 unspecified atom stereocenters. The number of aromatic nitrogens is 1. The van der Waals surface area contributed by atoms with Crippen molar-refractivity contribution in [3.05, 3.63) is 63.4 Å². The number of pyridine rings is 1. The van der Waals surface area contributed by atoms with Crippen LogP contribution in [-0.2, 0) is 17.8 Å². The Kier molecular flexibility index (Phi) is 5.20. The van der Waals surface area contributed by atoms with E-state index >= 15 is 0 Å². The Bertz CT molecular complexity index is 778. The van der Waals surface area contributed by atoms with E-state index in [1.165, 1.54) is 15.3 Å². The minimum atomic E-state index is 0.0827. The van der Waals surface area contributed by atoms with Gasteiger partial charge in [-0.25, -0.2) is 0 Å². The van der Waals surface area contributed by atoms with Crippen LogP contribution in [0.15, 0.2) is 47.4 Å². The van der Waals surface area contributed by atoms with E-state index in [-0.39, 0.29) is 5.91 Å². The van der Waals surface area contributed by atoms with Gasteiger partial charge in [-0.2, -0.15) is 0 Å². The fourth-order valence-electron chi connectivity index (χ4n) is 2.34. The highest BCUT2D eigenvalue weighted by atomic mass is 32.1. The fraction of sp³-hybridized carbons (Fsp3) is 0.222. The lowest BCUT2D eigenvalue weighted by Gasteiger charge is -2.06.